The SMILES string of the molecule is CCOCc1ccccc1NC(=O)NCC(C)(O)c1ccc(F)cc1. The third-order valence-corrected chi connectivity index (χ3v) is 3.79. The number of rotatable bonds is 7. The highest BCUT2D eigenvalue weighted by Crippen LogP contribution is 2.20. The summed E-state index contributed by atoms with van der Waals surface area (Å²) in [6, 6.07) is 12.4. The van der Waals surface area contributed by atoms with E-state index in [-0.39, 0.29) is 12.4 Å². The Morgan fingerprint density at radius 2 is 1.88 bits per heavy atom. The molecule has 0 heterocycles. The van der Waals surface area contributed by atoms with Crippen molar-refractivity contribution in [2.75, 3.05) is 18.5 Å². The lowest BCUT2D eigenvalue weighted by atomic mass is 9.96. The van der Waals surface area contributed by atoms with Crippen LogP contribution in [0.15, 0.2) is 48.5 Å². The first kappa shape index (κ1) is 18.9. The van der Waals surface area contributed by atoms with Crippen molar-refractivity contribution >= 4 is 11.7 Å². The van der Waals surface area contributed by atoms with Crippen LogP contribution in [-0.4, -0.2) is 24.3 Å². The zero-order valence-electron chi connectivity index (χ0n) is 14.4. The Morgan fingerprint density at radius 3 is 2.56 bits per heavy atom. The van der Waals surface area contributed by atoms with E-state index in [9.17, 15) is 14.3 Å². The molecule has 0 saturated carbocycles. The zero-order chi connectivity index (χ0) is 18.3. The number of para-hydroxylation sites is 1. The highest BCUT2D eigenvalue weighted by atomic mass is 19.1. The van der Waals surface area contributed by atoms with Gasteiger partial charge in [0.25, 0.3) is 0 Å². The van der Waals surface area contributed by atoms with Crippen molar-refractivity contribution in [3.05, 3.63) is 65.5 Å². The monoisotopic (exact) mass is 346 g/mol. The molecule has 2 aromatic carbocycles. The summed E-state index contributed by atoms with van der Waals surface area (Å²) in [6.45, 7) is 4.43. The lowest BCUT2D eigenvalue weighted by Gasteiger charge is -2.24. The zero-order valence-corrected chi connectivity index (χ0v) is 14.4. The first-order valence-electron chi connectivity index (χ1n) is 8.11. The Bertz CT molecular complexity index is 702. The van der Waals surface area contributed by atoms with Crippen LogP contribution in [0.1, 0.15) is 25.0 Å². The van der Waals surface area contributed by atoms with Gasteiger partial charge in [-0.3, -0.25) is 0 Å². The van der Waals surface area contributed by atoms with Crippen LogP contribution in [0.2, 0.25) is 0 Å². The number of carbonyl (C=O) groups is 1. The maximum Gasteiger partial charge on any atom is 0.319 e. The molecule has 5 nitrogen and oxygen atoms in total. The largest absolute Gasteiger partial charge is 0.384 e. The molecule has 0 radical (unpaired) electrons. The molecule has 2 aromatic rings. The molecule has 6 heteroatoms. The molecule has 0 saturated heterocycles. The second kappa shape index (κ2) is 8.60. The minimum absolute atomic E-state index is 0.0158. The molecule has 0 aliphatic rings. The number of urea groups is 1. The van der Waals surface area contributed by atoms with E-state index in [0.29, 0.717) is 24.5 Å². The summed E-state index contributed by atoms with van der Waals surface area (Å²) in [5.74, 6) is -0.379. The van der Waals surface area contributed by atoms with Gasteiger partial charge in [0.15, 0.2) is 0 Å². The number of anilines is 1. The van der Waals surface area contributed by atoms with E-state index in [2.05, 4.69) is 10.6 Å². The predicted molar refractivity (Wildman–Crippen MR) is 94.8 cm³/mol. The Morgan fingerprint density at radius 1 is 1.20 bits per heavy atom. The maximum atomic E-state index is 13.0. The number of benzene rings is 2. The third-order valence-electron chi connectivity index (χ3n) is 3.79. The number of hydrogen-bond donors (Lipinski definition) is 3. The van der Waals surface area contributed by atoms with E-state index in [0.717, 1.165) is 5.56 Å². The molecular weight excluding hydrogens is 323 g/mol. The van der Waals surface area contributed by atoms with Gasteiger partial charge in [-0.25, -0.2) is 9.18 Å². The Hall–Kier alpha value is -2.44. The van der Waals surface area contributed by atoms with Crippen molar-refractivity contribution < 1.29 is 19.0 Å². The molecular formula is C19H23FN2O3. The smallest absolute Gasteiger partial charge is 0.319 e. The summed E-state index contributed by atoms with van der Waals surface area (Å²) >= 11 is 0. The van der Waals surface area contributed by atoms with Crippen LogP contribution >= 0.6 is 0 Å². The van der Waals surface area contributed by atoms with Gasteiger partial charge < -0.3 is 20.5 Å². The molecule has 2 amide bonds. The molecule has 1 atom stereocenters. The van der Waals surface area contributed by atoms with Crippen LogP contribution in [-0.2, 0) is 16.9 Å². The normalized spacial score (nSPS) is 13.1. The molecule has 0 aliphatic carbocycles. The Balaban J connectivity index is 1.95. The standard InChI is InChI=1S/C19H23FN2O3/c1-3-25-12-14-6-4-5-7-17(14)22-18(23)21-13-19(2,24)15-8-10-16(20)11-9-15/h4-11,24H,3,12-13H2,1-2H3,(H2,21,22,23). The van der Waals surface area contributed by atoms with E-state index in [1.54, 1.807) is 13.0 Å². The minimum atomic E-state index is -1.31. The average Bonchev–Trinajstić information content (AvgIpc) is 2.60. The quantitative estimate of drug-likeness (QED) is 0.720. The van der Waals surface area contributed by atoms with E-state index in [1.165, 1.54) is 24.3 Å². The van der Waals surface area contributed by atoms with Gasteiger partial charge in [0, 0.05) is 17.9 Å². The van der Waals surface area contributed by atoms with Gasteiger partial charge in [-0.15, -0.1) is 0 Å². The second-order valence-corrected chi connectivity index (χ2v) is 5.88. The summed E-state index contributed by atoms with van der Waals surface area (Å²) in [6.07, 6.45) is 0. The topological polar surface area (TPSA) is 70.6 Å². The first-order valence-corrected chi connectivity index (χ1v) is 8.11. The van der Waals surface area contributed by atoms with Gasteiger partial charge in [-0.2, -0.15) is 0 Å². The minimum Gasteiger partial charge on any atom is -0.384 e. The van der Waals surface area contributed by atoms with Crippen molar-refractivity contribution in [2.24, 2.45) is 0 Å². The van der Waals surface area contributed by atoms with Crippen LogP contribution < -0.4 is 10.6 Å². The maximum absolute atomic E-state index is 13.0. The third kappa shape index (κ3) is 5.55. The molecule has 25 heavy (non-hydrogen) atoms. The Labute approximate surface area is 146 Å². The molecule has 0 aliphatic heterocycles. The molecule has 0 aromatic heterocycles. The predicted octanol–water partition coefficient (Wildman–Crippen LogP) is 3.39. The van der Waals surface area contributed by atoms with Gasteiger partial charge in [0.2, 0.25) is 0 Å². The fraction of sp³-hybridized carbons (Fsp3) is 0.316. The van der Waals surface area contributed by atoms with E-state index < -0.39 is 11.6 Å². The van der Waals surface area contributed by atoms with E-state index in [1.807, 2.05) is 25.1 Å². The number of hydrogen-bond acceptors (Lipinski definition) is 3. The summed E-state index contributed by atoms with van der Waals surface area (Å²) in [5.41, 5.74) is 0.723. The Kier molecular flexibility index (Phi) is 6.50. The van der Waals surface area contributed by atoms with Crippen molar-refractivity contribution in [3.8, 4) is 0 Å². The lowest BCUT2D eigenvalue weighted by molar-refractivity contribution is 0.0599. The van der Waals surface area contributed by atoms with Crippen LogP contribution in [0.4, 0.5) is 14.9 Å². The van der Waals surface area contributed by atoms with Crippen LogP contribution in [0.25, 0.3) is 0 Å². The van der Waals surface area contributed by atoms with Crippen molar-refractivity contribution in [1.29, 1.82) is 0 Å². The van der Waals surface area contributed by atoms with E-state index >= 15 is 0 Å². The van der Waals surface area contributed by atoms with E-state index in [4.69, 9.17) is 4.74 Å². The number of nitrogens with one attached hydrogen (secondary N) is 2. The molecule has 1 unspecified atom stereocenters. The van der Waals surface area contributed by atoms with Gasteiger partial charge >= 0.3 is 6.03 Å². The number of halogens is 1. The highest BCUT2D eigenvalue weighted by molar-refractivity contribution is 5.90. The van der Waals surface area contributed by atoms with Crippen molar-refractivity contribution in [1.82, 2.24) is 5.32 Å². The van der Waals surface area contributed by atoms with Crippen LogP contribution in [0.3, 0.4) is 0 Å². The highest BCUT2D eigenvalue weighted by Gasteiger charge is 2.24. The summed E-state index contributed by atoms with van der Waals surface area (Å²) in [4.78, 5) is 12.1. The van der Waals surface area contributed by atoms with Crippen LogP contribution in [0.5, 0.6) is 0 Å². The van der Waals surface area contributed by atoms with Gasteiger partial charge in [0.1, 0.15) is 11.4 Å². The fourth-order valence-corrected chi connectivity index (χ4v) is 2.31. The first-order chi connectivity index (χ1) is 11.9. The second-order valence-electron chi connectivity index (χ2n) is 5.88. The van der Waals surface area contributed by atoms with Crippen LogP contribution in [0, 0.1) is 5.82 Å². The lowest BCUT2D eigenvalue weighted by Crippen LogP contribution is -2.40. The summed E-state index contributed by atoms with van der Waals surface area (Å²) in [5, 5.41) is 15.9. The molecule has 2 rings (SSSR count). The van der Waals surface area contributed by atoms with Crippen molar-refractivity contribution in [3.63, 3.8) is 0 Å². The van der Waals surface area contributed by atoms with Gasteiger partial charge in [0.05, 0.1) is 13.2 Å². The molecule has 0 fully saturated rings. The molecule has 0 bridgehead atoms. The number of aliphatic hydroxyl groups is 1. The molecule has 3 N–H and O–H groups in total. The molecule has 0 spiro atoms. The van der Waals surface area contributed by atoms with Gasteiger partial charge in [-0.1, -0.05) is 30.3 Å². The van der Waals surface area contributed by atoms with Crippen molar-refractivity contribution in [2.45, 2.75) is 26.1 Å². The molecule has 134 valence electrons. The number of amides is 2. The van der Waals surface area contributed by atoms with Gasteiger partial charge in [-0.05, 0) is 37.6 Å². The number of carbonyl (C=O) groups excluding carboxylic acids is 1. The number of ether oxygens (including phenoxy) is 1. The summed E-state index contributed by atoms with van der Waals surface area (Å²) < 4.78 is 18.4. The fourth-order valence-electron chi connectivity index (χ4n) is 2.31. The average molecular weight is 346 g/mol. The summed E-state index contributed by atoms with van der Waals surface area (Å²) in [7, 11) is 0.